The molecule has 0 aliphatic carbocycles. The minimum atomic E-state index is -3.63. The summed E-state index contributed by atoms with van der Waals surface area (Å²) in [5.74, 6) is 0. The number of rotatable bonds is 4. The zero-order valence-corrected chi connectivity index (χ0v) is 14.1. The van der Waals surface area contributed by atoms with E-state index in [0.717, 1.165) is 0 Å². The monoisotopic (exact) mass is 363 g/mol. The molecule has 2 aromatic rings. The number of benzene rings is 2. The molecule has 0 aromatic heterocycles. The van der Waals surface area contributed by atoms with Gasteiger partial charge in [0.2, 0.25) is 10.0 Å². The Bertz CT molecular complexity index is 725. The van der Waals surface area contributed by atoms with Gasteiger partial charge in [-0.2, -0.15) is 4.31 Å². The second kappa shape index (κ2) is 6.55. The summed E-state index contributed by atoms with van der Waals surface area (Å²) in [7, 11) is -2.15. The fourth-order valence-corrected chi connectivity index (χ4v) is 3.56. The van der Waals surface area contributed by atoms with Crippen molar-refractivity contribution in [2.45, 2.75) is 11.4 Å². The van der Waals surface area contributed by atoms with Crippen molar-refractivity contribution in [1.82, 2.24) is 4.31 Å². The summed E-state index contributed by atoms with van der Waals surface area (Å²) in [6.45, 7) is 0.0868. The van der Waals surface area contributed by atoms with Gasteiger partial charge in [0.05, 0.1) is 4.90 Å². The van der Waals surface area contributed by atoms with Gasteiger partial charge >= 0.3 is 0 Å². The first-order valence-corrected chi connectivity index (χ1v) is 8.54. The molecule has 0 amide bonds. The molecule has 112 valence electrons. The lowest BCUT2D eigenvalue weighted by Gasteiger charge is -2.18. The fourth-order valence-electron chi connectivity index (χ4n) is 1.78. The highest BCUT2D eigenvalue weighted by Gasteiger charge is 2.22. The topological polar surface area (TPSA) is 37.4 Å². The van der Waals surface area contributed by atoms with Crippen LogP contribution in [0.5, 0.6) is 0 Å². The Morgan fingerprint density at radius 1 is 0.952 bits per heavy atom. The highest BCUT2D eigenvalue weighted by atomic mass is 35.5. The standard InChI is InChI=1S/C14H12Cl3NO2S/c1-18(9-12-13(16)3-2-4-14(12)17)21(19,20)11-7-5-10(15)6-8-11/h2-8H,9H2,1H3. The van der Waals surface area contributed by atoms with Crippen molar-refractivity contribution in [3.05, 3.63) is 63.1 Å². The summed E-state index contributed by atoms with van der Waals surface area (Å²) < 4.78 is 26.1. The number of hydrogen-bond donors (Lipinski definition) is 0. The lowest BCUT2D eigenvalue weighted by atomic mass is 10.2. The summed E-state index contributed by atoms with van der Waals surface area (Å²) in [6.07, 6.45) is 0. The Labute approximate surface area is 139 Å². The Morgan fingerprint density at radius 3 is 2.00 bits per heavy atom. The molecule has 7 heteroatoms. The van der Waals surface area contributed by atoms with Crippen LogP contribution in [-0.4, -0.2) is 19.8 Å². The molecule has 2 rings (SSSR count). The molecule has 0 radical (unpaired) electrons. The van der Waals surface area contributed by atoms with Gasteiger partial charge in [0.1, 0.15) is 0 Å². The molecule has 0 fully saturated rings. The number of halogens is 3. The first-order valence-electron chi connectivity index (χ1n) is 5.97. The lowest BCUT2D eigenvalue weighted by molar-refractivity contribution is 0.467. The van der Waals surface area contributed by atoms with Gasteiger partial charge in [-0.1, -0.05) is 40.9 Å². The van der Waals surface area contributed by atoms with Crippen LogP contribution in [0.2, 0.25) is 15.1 Å². The van der Waals surface area contributed by atoms with Crippen LogP contribution >= 0.6 is 34.8 Å². The zero-order valence-electron chi connectivity index (χ0n) is 11.1. The summed E-state index contributed by atoms with van der Waals surface area (Å²) in [5.41, 5.74) is 0.570. The molecule has 0 aliphatic rings. The first kappa shape index (κ1) is 16.6. The second-order valence-electron chi connectivity index (χ2n) is 4.42. The normalized spacial score (nSPS) is 11.9. The summed E-state index contributed by atoms with van der Waals surface area (Å²) in [5, 5.41) is 1.34. The Kier molecular flexibility index (Phi) is 5.17. The van der Waals surface area contributed by atoms with Gasteiger partial charge in [-0.25, -0.2) is 8.42 Å². The third-order valence-corrected chi connectivity index (χ3v) is 5.74. The molecule has 0 saturated carbocycles. The molecular formula is C14H12Cl3NO2S. The van der Waals surface area contributed by atoms with Crippen LogP contribution in [0.1, 0.15) is 5.56 Å². The van der Waals surface area contributed by atoms with Gasteiger partial charge < -0.3 is 0 Å². The van der Waals surface area contributed by atoms with Crippen molar-refractivity contribution in [1.29, 1.82) is 0 Å². The maximum atomic E-state index is 12.5. The summed E-state index contributed by atoms with van der Waals surface area (Å²) in [4.78, 5) is 0.164. The predicted molar refractivity (Wildman–Crippen MR) is 86.6 cm³/mol. The predicted octanol–water partition coefficient (Wildman–Crippen LogP) is 4.47. The van der Waals surface area contributed by atoms with Crippen LogP contribution in [0.3, 0.4) is 0 Å². The van der Waals surface area contributed by atoms with Gasteiger partial charge in [-0.3, -0.25) is 0 Å². The van der Waals surface area contributed by atoms with Gasteiger partial charge in [-0.15, -0.1) is 0 Å². The Hall–Kier alpha value is -0.780. The molecule has 0 spiro atoms. The number of nitrogens with zero attached hydrogens (tertiary/aromatic N) is 1. The average molecular weight is 365 g/mol. The SMILES string of the molecule is CN(Cc1c(Cl)cccc1Cl)S(=O)(=O)c1ccc(Cl)cc1. The van der Waals surface area contributed by atoms with Crippen LogP contribution in [0.25, 0.3) is 0 Å². The molecule has 0 saturated heterocycles. The van der Waals surface area contributed by atoms with Crippen molar-refractivity contribution in [2.24, 2.45) is 0 Å². The van der Waals surface area contributed by atoms with E-state index < -0.39 is 10.0 Å². The maximum Gasteiger partial charge on any atom is 0.243 e. The van der Waals surface area contributed by atoms with Crippen LogP contribution in [0, 0.1) is 0 Å². The van der Waals surface area contributed by atoms with E-state index in [9.17, 15) is 8.42 Å². The molecule has 3 nitrogen and oxygen atoms in total. The first-order chi connectivity index (χ1) is 9.82. The van der Waals surface area contributed by atoms with E-state index in [0.29, 0.717) is 20.6 Å². The van der Waals surface area contributed by atoms with Gasteiger partial charge in [-0.05, 0) is 36.4 Å². The van der Waals surface area contributed by atoms with E-state index in [1.165, 1.54) is 35.6 Å². The van der Waals surface area contributed by atoms with Crippen molar-refractivity contribution in [3.8, 4) is 0 Å². The minimum absolute atomic E-state index is 0.0868. The summed E-state index contributed by atoms with van der Waals surface area (Å²) >= 11 is 17.9. The Morgan fingerprint density at radius 2 is 1.48 bits per heavy atom. The number of hydrogen-bond acceptors (Lipinski definition) is 2. The van der Waals surface area contributed by atoms with Crippen molar-refractivity contribution in [3.63, 3.8) is 0 Å². The Balaban J connectivity index is 2.31. The molecule has 21 heavy (non-hydrogen) atoms. The summed E-state index contributed by atoms with van der Waals surface area (Å²) in [6, 6.07) is 11.0. The molecule has 0 atom stereocenters. The van der Waals surface area contributed by atoms with E-state index in [1.54, 1.807) is 18.2 Å². The van der Waals surface area contributed by atoms with Crippen LogP contribution in [0.15, 0.2) is 47.4 Å². The van der Waals surface area contributed by atoms with Crippen LogP contribution in [0.4, 0.5) is 0 Å². The van der Waals surface area contributed by atoms with Crippen molar-refractivity contribution in [2.75, 3.05) is 7.05 Å². The van der Waals surface area contributed by atoms with Crippen LogP contribution in [-0.2, 0) is 16.6 Å². The van der Waals surface area contributed by atoms with Crippen molar-refractivity contribution < 1.29 is 8.42 Å². The minimum Gasteiger partial charge on any atom is -0.207 e. The van der Waals surface area contributed by atoms with Crippen molar-refractivity contribution >= 4 is 44.8 Å². The molecule has 0 heterocycles. The van der Waals surface area contributed by atoms with Gasteiger partial charge in [0.25, 0.3) is 0 Å². The molecule has 2 aromatic carbocycles. The molecule has 0 aliphatic heterocycles. The van der Waals surface area contributed by atoms with E-state index in [-0.39, 0.29) is 11.4 Å². The largest absolute Gasteiger partial charge is 0.243 e. The third kappa shape index (κ3) is 3.71. The fraction of sp³-hybridized carbons (Fsp3) is 0.143. The maximum absolute atomic E-state index is 12.5. The third-order valence-electron chi connectivity index (χ3n) is 2.96. The number of sulfonamides is 1. The van der Waals surface area contributed by atoms with Gasteiger partial charge in [0, 0.05) is 34.2 Å². The average Bonchev–Trinajstić information content (AvgIpc) is 2.43. The second-order valence-corrected chi connectivity index (χ2v) is 7.71. The van der Waals surface area contributed by atoms with Gasteiger partial charge in [0.15, 0.2) is 0 Å². The highest BCUT2D eigenvalue weighted by molar-refractivity contribution is 7.89. The molecule has 0 bridgehead atoms. The quantitative estimate of drug-likeness (QED) is 0.803. The zero-order chi connectivity index (χ0) is 15.6. The van der Waals surface area contributed by atoms with E-state index in [2.05, 4.69) is 0 Å². The molecular weight excluding hydrogens is 353 g/mol. The van der Waals surface area contributed by atoms with E-state index in [1.807, 2.05) is 0 Å². The molecule has 0 N–H and O–H groups in total. The van der Waals surface area contributed by atoms with Crippen LogP contribution < -0.4 is 0 Å². The molecule has 0 unspecified atom stereocenters. The smallest absolute Gasteiger partial charge is 0.207 e. The van der Waals surface area contributed by atoms with E-state index >= 15 is 0 Å². The lowest BCUT2D eigenvalue weighted by Crippen LogP contribution is -2.26. The van der Waals surface area contributed by atoms with E-state index in [4.69, 9.17) is 34.8 Å². The highest BCUT2D eigenvalue weighted by Crippen LogP contribution is 2.27.